The van der Waals surface area contributed by atoms with Gasteiger partial charge in [0.15, 0.2) is 0 Å². The molecule has 1 rings (SSSR count). The summed E-state index contributed by atoms with van der Waals surface area (Å²) in [5, 5.41) is 8.88. The highest BCUT2D eigenvalue weighted by Gasteiger charge is 2.31. The lowest BCUT2D eigenvalue weighted by atomic mass is 9.67. The molecule has 0 radical (unpaired) electrons. The molecule has 1 aliphatic rings. The van der Waals surface area contributed by atoms with Crippen molar-refractivity contribution in [2.75, 3.05) is 6.61 Å². The van der Waals surface area contributed by atoms with Crippen LogP contribution in [0, 0.1) is 17.3 Å². The van der Waals surface area contributed by atoms with Crippen LogP contribution in [0.4, 0.5) is 0 Å². The Balaban J connectivity index is 2.52. The van der Waals surface area contributed by atoms with Gasteiger partial charge in [0.1, 0.15) is 0 Å². The highest BCUT2D eigenvalue weighted by molar-refractivity contribution is 5.06. The zero-order valence-electron chi connectivity index (χ0n) is 10.6. The number of aliphatic hydroxyl groups is 1. The third-order valence-electron chi connectivity index (χ3n) is 3.90. The van der Waals surface area contributed by atoms with Gasteiger partial charge < -0.3 is 5.11 Å². The zero-order valence-corrected chi connectivity index (χ0v) is 10.6. The largest absolute Gasteiger partial charge is 0.396 e. The van der Waals surface area contributed by atoms with Gasteiger partial charge in [-0.1, -0.05) is 32.9 Å². The molecule has 0 heterocycles. The van der Waals surface area contributed by atoms with Crippen LogP contribution in [0.1, 0.15) is 52.9 Å². The number of hydrogen-bond acceptors (Lipinski definition) is 1. The Kier molecular flexibility index (Phi) is 4.39. The van der Waals surface area contributed by atoms with Crippen molar-refractivity contribution in [2.24, 2.45) is 17.3 Å². The summed E-state index contributed by atoms with van der Waals surface area (Å²) in [5.74, 6) is 1.49. The third-order valence-corrected chi connectivity index (χ3v) is 3.90. The summed E-state index contributed by atoms with van der Waals surface area (Å²) >= 11 is 0. The normalized spacial score (nSPS) is 28.1. The molecule has 1 heteroatoms. The van der Waals surface area contributed by atoms with E-state index in [0.717, 1.165) is 18.8 Å². The zero-order chi connectivity index (χ0) is 11.5. The van der Waals surface area contributed by atoms with Crippen LogP contribution in [0.5, 0.6) is 0 Å². The molecule has 0 bridgehead atoms. The summed E-state index contributed by atoms with van der Waals surface area (Å²) in [6, 6.07) is 0. The Morgan fingerprint density at radius 1 is 1.40 bits per heavy atom. The Labute approximate surface area is 94.6 Å². The quantitative estimate of drug-likeness (QED) is 0.703. The van der Waals surface area contributed by atoms with E-state index in [4.69, 9.17) is 5.11 Å². The van der Waals surface area contributed by atoms with Gasteiger partial charge >= 0.3 is 0 Å². The molecule has 1 aliphatic carbocycles. The van der Waals surface area contributed by atoms with Crippen LogP contribution < -0.4 is 0 Å². The predicted molar refractivity (Wildman–Crippen MR) is 65.7 cm³/mol. The van der Waals surface area contributed by atoms with E-state index in [1.54, 1.807) is 0 Å². The van der Waals surface area contributed by atoms with Gasteiger partial charge in [0, 0.05) is 6.61 Å². The van der Waals surface area contributed by atoms with Crippen molar-refractivity contribution < 1.29 is 5.11 Å². The summed E-state index contributed by atoms with van der Waals surface area (Å²) in [6.45, 7) is 11.5. The maximum atomic E-state index is 8.88. The van der Waals surface area contributed by atoms with Crippen LogP contribution in [0.3, 0.4) is 0 Å². The van der Waals surface area contributed by atoms with Crippen molar-refractivity contribution in [3.8, 4) is 0 Å². The van der Waals surface area contributed by atoms with E-state index >= 15 is 0 Å². The molecule has 0 aromatic rings. The molecule has 88 valence electrons. The van der Waals surface area contributed by atoms with E-state index in [0.29, 0.717) is 17.9 Å². The smallest absolute Gasteiger partial charge is 0.0431 e. The second-order valence-electron chi connectivity index (χ2n) is 6.06. The molecule has 1 N–H and O–H groups in total. The molecule has 0 saturated heterocycles. The Morgan fingerprint density at radius 2 is 2.07 bits per heavy atom. The lowest BCUT2D eigenvalue weighted by Gasteiger charge is -2.39. The van der Waals surface area contributed by atoms with Crippen LogP contribution in [0.2, 0.25) is 0 Å². The van der Waals surface area contributed by atoms with Gasteiger partial charge in [0.25, 0.3) is 0 Å². The minimum Gasteiger partial charge on any atom is -0.396 e. The van der Waals surface area contributed by atoms with Crippen molar-refractivity contribution in [1.29, 1.82) is 0 Å². The van der Waals surface area contributed by atoms with E-state index in [1.807, 2.05) is 0 Å². The molecule has 0 unspecified atom stereocenters. The molecule has 0 aromatic carbocycles. The number of hydrogen-bond donors (Lipinski definition) is 1. The molecule has 0 aliphatic heterocycles. The van der Waals surface area contributed by atoms with Gasteiger partial charge in [-0.15, -0.1) is 0 Å². The fourth-order valence-corrected chi connectivity index (χ4v) is 2.64. The number of aliphatic hydroxyl groups excluding tert-OH is 1. The van der Waals surface area contributed by atoms with Crippen molar-refractivity contribution >= 4 is 0 Å². The first-order valence-corrected chi connectivity index (χ1v) is 6.23. The molecule has 2 atom stereocenters. The maximum absolute atomic E-state index is 8.88. The Hall–Kier alpha value is -0.300. The first kappa shape index (κ1) is 12.8. The molecule has 0 spiro atoms. The molecule has 1 nitrogen and oxygen atoms in total. The van der Waals surface area contributed by atoms with Gasteiger partial charge in [0.2, 0.25) is 0 Å². The standard InChI is InChI=1S/C14H26O/c1-11-7-8-13(14(2,3)4)10-12(11)6-5-9-15/h12-13,15H,1,5-10H2,2-4H3/t12-,13-/m1/s1. The van der Waals surface area contributed by atoms with Crippen LogP contribution in [-0.2, 0) is 0 Å². The first-order valence-electron chi connectivity index (χ1n) is 6.23. The van der Waals surface area contributed by atoms with Crippen LogP contribution in [-0.4, -0.2) is 11.7 Å². The van der Waals surface area contributed by atoms with E-state index in [1.165, 1.54) is 24.8 Å². The predicted octanol–water partition coefficient (Wildman–Crippen LogP) is 3.78. The molecule has 15 heavy (non-hydrogen) atoms. The van der Waals surface area contributed by atoms with Crippen molar-refractivity contribution in [3.63, 3.8) is 0 Å². The summed E-state index contributed by atoms with van der Waals surface area (Å²) in [6.07, 6.45) is 5.83. The Morgan fingerprint density at radius 3 is 2.60 bits per heavy atom. The van der Waals surface area contributed by atoms with E-state index < -0.39 is 0 Å². The van der Waals surface area contributed by atoms with Crippen molar-refractivity contribution in [2.45, 2.75) is 52.9 Å². The van der Waals surface area contributed by atoms with Crippen LogP contribution in [0.15, 0.2) is 12.2 Å². The van der Waals surface area contributed by atoms with Gasteiger partial charge in [-0.3, -0.25) is 0 Å². The van der Waals surface area contributed by atoms with E-state index in [2.05, 4.69) is 27.4 Å². The minimum absolute atomic E-state index is 0.323. The second kappa shape index (κ2) is 5.16. The first-order chi connectivity index (χ1) is 6.95. The SMILES string of the molecule is C=C1CC[C@@H](C(C)(C)C)C[C@H]1CCCO. The summed E-state index contributed by atoms with van der Waals surface area (Å²) in [5.41, 5.74) is 1.85. The highest BCUT2D eigenvalue weighted by atomic mass is 16.2. The van der Waals surface area contributed by atoms with Crippen LogP contribution in [0.25, 0.3) is 0 Å². The molecule has 0 aromatic heterocycles. The van der Waals surface area contributed by atoms with Gasteiger partial charge in [-0.25, -0.2) is 0 Å². The summed E-state index contributed by atoms with van der Waals surface area (Å²) in [4.78, 5) is 0. The average Bonchev–Trinajstić information content (AvgIpc) is 2.15. The molecule has 0 amide bonds. The van der Waals surface area contributed by atoms with E-state index in [9.17, 15) is 0 Å². The number of allylic oxidation sites excluding steroid dienone is 1. The minimum atomic E-state index is 0.323. The summed E-state index contributed by atoms with van der Waals surface area (Å²) in [7, 11) is 0. The van der Waals surface area contributed by atoms with Gasteiger partial charge in [-0.05, 0) is 49.4 Å². The fourth-order valence-electron chi connectivity index (χ4n) is 2.64. The highest BCUT2D eigenvalue weighted by Crippen LogP contribution is 2.43. The lowest BCUT2D eigenvalue weighted by Crippen LogP contribution is -2.28. The average molecular weight is 210 g/mol. The van der Waals surface area contributed by atoms with Crippen molar-refractivity contribution in [3.05, 3.63) is 12.2 Å². The van der Waals surface area contributed by atoms with Crippen molar-refractivity contribution in [1.82, 2.24) is 0 Å². The Bertz CT molecular complexity index is 212. The van der Waals surface area contributed by atoms with Gasteiger partial charge in [0.05, 0.1) is 0 Å². The fraction of sp³-hybridized carbons (Fsp3) is 0.857. The van der Waals surface area contributed by atoms with Crippen LogP contribution >= 0.6 is 0 Å². The number of rotatable bonds is 3. The van der Waals surface area contributed by atoms with Gasteiger partial charge in [-0.2, -0.15) is 0 Å². The summed E-state index contributed by atoms with van der Waals surface area (Å²) < 4.78 is 0. The second-order valence-corrected chi connectivity index (χ2v) is 6.06. The monoisotopic (exact) mass is 210 g/mol. The molecular formula is C14H26O. The third kappa shape index (κ3) is 3.64. The lowest BCUT2D eigenvalue weighted by molar-refractivity contribution is 0.161. The maximum Gasteiger partial charge on any atom is 0.0431 e. The molecular weight excluding hydrogens is 184 g/mol. The molecule has 1 saturated carbocycles. The topological polar surface area (TPSA) is 20.2 Å². The molecule has 1 fully saturated rings. The van der Waals surface area contributed by atoms with E-state index in [-0.39, 0.29) is 0 Å².